The second kappa shape index (κ2) is 7.96. The Hall–Kier alpha value is -3.51. The number of fused-ring (bicyclic) bond motifs is 1. The highest BCUT2D eigenvalue weighted by atomic mass is 32.2. The third kappa shape index (κ3) is 3.70. The van der Waals surface area contributed by atoms with Crippen molar-refractivity contribution in [3.8, 4) is 11.5 Å². The Morgan fingerprint density at radius 2 is 1.68 bits per heavy atom. The SMILES string of the molecule is Cc1ccccc1N=C1SC(=Cc2ccc3c(c2)OCO3)C(=O)N1c1ccccc1C. The van der Waals surface area contributed by atoms with Gasteiger partial charge in [0.05, 0.1) is 16.3 Å². The van der Waals surface area contributed by atoms with Crippen molar-refractivity contribution in [2.24, 2.45) is 4.99 Å². The van der Waals surface area contributed by atoms with Gasteiger partial charge in [0.2, 0.25) is 6.79 Å². The summed E-state index contributed by atoms with van der Waals surface area (Å²) in [4.78, 5) is 20.6. The topological polar surface area (TPSA) is 51.1 Å². The molecule has 5 nitrogen and oxygen atoms in total. The summed E-state index contributed by atoms with van der Waals surface area (Å²) in [7, 11) is 0. The third-order valence-electron chi connectivity index (χ3n) is 5.19. The number of aryl methyl sites for hydroxylation is 2. The van der Waals surface area contributed by atoms with Crippen LogP contribution in [0.25, 0.3) is 6.08 Å². The lowest BCUT2D eigenvalue weighted by Gasteiger charge is -2.18. The van der Waals surface area contributed by atoms with Crippen molar-refractivity contribution in [1.82, 2.24) is 0 Å². The monoisotopic (exact) mass is 428 g/mol. The second-order valence-electron chi connectivity index (χ2n) is 7.33. The molecule has 3 aromatic rings. The Morgan fingerprint density at radius 1 is 0.935 bits per heavy atom. The summed E-state index contributed by atoms with van der Waals surface area (Å²) in [5, 5.41) is 0.639. The molecule has 3 aromatic carbocycles. The van der Waals surface area contributed by atoms with Gasteiger partial charge in [0.15, 0.2) is 16.7 Å². The van der Waals surface area contributed by atoms with Crippen molar-refractivity contribution in [2.75, 3.05) is 11.7 Å². The molecule has 0 radical (unpaired) electrons. The van der Waals surface area contributed by atoms with Gasteiger partial charge in [0.1, 0.15) is 0 Å². The smallest absolute Gasteiger partial charge is 0.271 e. The number of rotatable bonds is 3. The van der Waals surface area contributed by atoms with Crippen LogP contribution in [0.15, 0.2) is 76.6 Å². The van der Waals surface area contributed by atoms with Crippen LogP contribution in [0.5, 0.6) is 11.5 Å². The summed E-state index contributed by atoms with van der Waals surface area (Å²) < 4.78 is 10.9. The number of carbonyl (C=O) groups excluding carboxylic acids is 1. The minimum atomic E-state index is -0.0932. The minimum Gasteiger partial charge on any atom is -0.454 e. The van der Waals surface area contributed by atoms with Crippen LogP contribution in [-0.4, -0.2) is 17.9 Å². The van der Waals surface area contributed by atoms with Crippen molar-refractivity contribution >= 4 is 40.3 Å². The van der Waals surface area contributed by atoms with Crippen LogP contribution in [0.1, 0.15) is 16.7 Å². The summed E-state index contributed by atoms with van der Waals surface area (Å²) >= 11 is 1.38. The fraction of sp³-hybridized carbons (Fsp3) is 0.120. The fourth-order valence-corrected chi connectivity index (χ4v) is 4.51. The molecule has 154 valence electrons. The van der Waals surface area contributed by atoms with E-state index in [0.717, 1.165) is 33.8 Å². The quantitative estimate of drug-likeness (QED) is 0.492. The molecule has 1 fully saturated rings. The van der Waals surface area contributed by atoms with Crippen LogP contribution in [0.4, 0.5) is 11.4 Å². The lowest BCUT2D eigenvalue weighted by Crippen LogP contribution is -2.29. The molecule has 31 heavy (non-hydrogen) atoms. The Kier molecular flexibility index (Phi) is 5.00. The number of nitrogens with zero attached hydrogens (tertiary/aromatic N) is 2. The minimum absolute atomic E-state index is 0.0932. The van der Waals surface area contributed by atoms with Crippen LogP contribution >= 0.6 is 11.8 Å². The Balaban J connectivity index is 1.59. The first-order valence-corrected chi connectivity index (χ1v) is 10.8. The highest BCUT2D eigenvalue weighted by molar-refractivity contribution is 8.19. The van der Waals surface area contributed by atoms with E-state index in [1.807, 2.05) is 86.7 Å². The average Bonchev–Trinajstić information content (AvgIpc) is 3.35. The van der Waals surface area contributed by atoms with Crippen LogP contribution in [0, 0.1) is 13.8 Å². The summed E-state index contributed by atoms with van der Waals surface area (Å²) in [6, 6.07) is 21.4. The number of carbonyl (C=O) groups is 1. The molecule has 0 aromatic heterocycles. The first-order valence-electron chi connectivity index (χ1n) is 9.94. The van der Waals surface area contributed by atoms with Crippen molar-refractivity contribution in [3.63, 3.8) is 0 Å². The number of hydrogen-bond donors (Lipinski definition) is 0. The van der Waals surface area contributed by atoms with Crippen LogP contribution < -0.4 is 14.4 Å². The maximum Gasteiger partial charge on any atom is 0.271 e. The molecular formula is C25H20N2O3S. The van der Waals surface area contributed by atoms with E-state index in [0.29, 0.717) is 15.8 Å². The van der Waals surface area contributed by atoms with E-state index in [9.17, 15) is 4.79 Å². The molecule has 0 N–H and O–H groups in total. The van der Waals surface area contributed by atoms with Gasteiger partial charge in [-0.1, -0.05) is 42.5 Å². The standard InChI is InChI=1S/C25H20N2O3S/c1-16-7-3-5-9-19(16)26-25-27(20-10-6-4-8-17(20)2)24(28)23(31-25)14-18-11-12-21-22(13-18)30-15-29-21/h3-14H,15H2,1-2H3. The Labute approximate surface area is 185 Å². The number of amides is 1. The highest BCUT2D eigenvalue weighted by Crippen LogP contribution is 2.40. The van der Waals surface area contributed by atoms with Gasteiger partial charge in [0.25, 0.3) is 5.91 Å². The van der Waals surface area contributed by atoms with Gasteiger partial charge in [-0.2, -0.15) is 0 Å². The number of amidine groups is 1. The van der Waals surface area contributed by atoms with Gasteiger partial charge in [-0.3, -0.25) is 9.69 Å². The fourth-order valence-electron chi connectivity index (χ4n) is 3.52. The predicted molar refractivity (Wildman–Crippen MR) is 125 cm³/mol. The summed E-state index contributed by atoms with van der Waals surface area (Å²) in [5.41, 5.74) is 4.63. The maximum absolute atomic E-state index is 13.5. The number of ether oxygens (including phenoxy) is 2. The molecule has 0 spiro atoms. The van der Waals surface area contributed by atoms with Crippen molar-refractivity contribution in [2.45, 2.75) is 13.8 Å². The number of hydrogen-bond acceptors (Lipinski definition) is 5. The molecule has 6 heteroatoms. The average molecular weight is 429 g/mol. The molecule has 0 unspecified atom stereocenters. The van der Waals surface area contributed by atoms with Crippen molar-refractivity contribution < 1.29 is 14.3 Å². The molecule has 1 amide bonds. The van der Waals surface area contributed by atoms with Gasteiger partial charge in [-0.15, -0.1) is 0 Å². The van der Waals surface area contributed by atoms with Gasteiger partial charge in [-0.25, -0.2) is 4.99 Å². The van der Waals surface area contributed by atoms with E-state index in [1.165, 1.54) is 11.8 Å². The van der Waals surface area contributed by atoms with Gasteiger partial charge < -0.3 is 9.47 Å². The normalized spacial score (nSPS) is 17.7. The molecule has 2 aliphatic rings. The molecule has 0 atom stereocenters. The van der Waals surface area contributed by atoms with Crippen LogP contribution in [-0.2, 0) is 4.79 Å². The molecule has 2 aliphatic heterocycles. The molecular weight excluding hydrogens is 408 g/mol. The number of benzene rings is 3. The van der Waals surface area contributed by atoms with E-state index in [2.05, 4.69) is 0 Å². The number of aliphatic imine (C=N–C) groups is 1. The largest absolute Gasteiger partial charge is 0.454 e. The Bertz CT molecular complexity index is 1250. The molecule has 1 saturated heterocycles. The van der Waals surface area contributed by atoms with Gasteiger partial charge in [0, 0.05) is 0 Å². The number of thioether (sulfide) groups is 1. The summed E-state index contributed by atoms with van der Waals surface area (Å²) in [5.74, 6) is 1.31. The molecule has 0 aliphatic carbocycles. The second-order valence-corrected chi connectivity index (χ2v) is 8.34. The first kappa shape index (κ1) is 19.5. The van der Waals surface area contributed by atoms with E-state index in [1.54, 1.807) is 4.90 Å². The van der Waals surface area contributed by atoms with Crippen molar-refractivity contribution in [1.29, 1.82) is 0 Å². The lowest BCUT2D eigenvalue weighted by molar-refractivity contribution is -0.113. The van der Waals surface area contributed by atoms with Gasteiger partial charge in [-0.05, 0) is 72.6 Å². The zero-order chi connectivity index (χ0) is 21.4. The zero-order valence-corrected chi connectivity index (χ0v) is 18.0. The predicted octanol–water partition coefficient (Wildman–Crippen LogP) is 5.84. The molecule has 5 rings (SSSR count). The van der Waals surface area contributed by atoms with E-state index in [-0.39, 0.29) is 12.7 Å². The number of anilines is 1. The Morgan fingerprint density at radius 3 is 2.48 bits per heavy atom. The lowest BCUT2D eigenvalue weighted by atomic mass is 10.1. The van der Waals surface area contributed by atoms with Crippen LogP contribution in [0.3, 0.4) is 0 Å². The van der Waals surface area contributed by atoms with E-state index >= 15 is 0 Å². The van der Waals surface area contributed by atoms with E-state index < -0.39 is 0 Å². The molecule has 0 saturated carbocycles. The van der Waals surface area contributed by atoms with Crippen molar-refractivity contribution in [3.05, 3.63) is 88.3 Å². The van der Waals surface area contributed by atoms with Crippen LogP contribution in [0.2, 0.25) is 0 Å². The molecule has 0 bridgehead atoms. The van der Waals surface area contributed by atoms with Gasteiger partial charge >= 0.3 is 0 Å². The summed E-state index contributed by atoms with van der Waals surface area (Å²) in [6.07, 6.45) is 1.88. The maximum atomic E-state index is 13.5. The first-order chi connectivity index (χ1) is 15.1. The highest BCUT2D eigenvalue weighted by Gasteiger charge is 2.35. The number of para-hydroxylation sites is 2. The third-order valence-corrected chi connectivity index (χ3v) is 6.16. The molecule has 2 heterocycles. The van der Waals surface area contributed by atoms with E-state index in [4.69, 9.17) is 14.5 Å². The zero-order valence-electron chi connectivity index (χ0n) is 17.2. The summed E-state index contributed by atoms with van der Waals surface area (Å²) in [6.45, 7) is 4.23.